The van der Waals surface area contributed by atoms with Crippen LogP contribution in [-0.4, -0.2) is 50.4 Å². The highest BCUT2D eigenvalue weighted by Crippen LogP contribution is 2.31. The first-order chi connectivity index (χ1) is 12.4. The number of aromatic amines is 1. The molecular weight excluding hydrogens is 352 g/mol. The number of carboxylic acids is 1. The van der Waals surface area contributed by atoms with Gasteiger partial charge in [-0.25, -0.2) is 4.98 Å². The molecule has 1 aromatic rings. The number of hydrogen-bond donors (Lipinski definition) is 4. The lowest BCUT2D eigenvalue weighted by molar-refractivity contribution is -0.139. The Morgan fingerprint density at radius 2 is 2.27 bits per heavy atom. The summed E-state index contributed by atoms with van der Waals surface area (Å²) in [6.45, 7) is 2.50. The molecule has 3 heterocycles. The van der Waals surface area contributed by atoms with Crippen LogP contribution in [0.3, 0.4) is 0 Å². The van der Waals surface area contributed by atoms with Gasteiger partial charge in [-0.2, -0.15) is 11.8 Å². The van der Waals surface area contributed by atoms with E-state index in [2.05, 4.69) is 10.3 Å². The standard InChI is InChI=1S/C18H28N4O3S/c1-10(5-12(19)18(24)25)6-16(23)14-7-13-15(8-20-14)22-17(21-13)11-3-2-4-26-9-11/h10-12,14,20H,2-9,19H2,1H3,(H,21,22)(H,24,25)/t10?,11?,12-,14-/m0/s1. The molecule has 8 heteroatoms. The van der Waals surface area contributed by atoms with Crippen molar-refractivity contribution in [2.75, 3.05) is 11.5 Å². The van der Waals surface area contributed by atoms with Crippen LogP contribution in [0.15, 0.2) is 0 Å². The molecule has 1 saturated heterocycles. The minimum absolute atomic E-state index is 0.0502. The van der Waals surface area contributed by atoms with Crippen molar-refractivity contribution in [3.63, 3.8) is 0 Å². The van der Waals surface area contributed by atoms with Crippen molar-refractivity contribution in [2.45, 2.75) is 63.6 Å². The van der Waals surface area contributed by atoms with Crippen molar-refractivity contribution in [2.24, 2.45) is 11.7 Å². The fourth-order valence-electron chi connectivity index (χ4n) is 3.75. The average Bonchev–Trinajstić information content (AvgIpc) is 3.05. The Bertz CT molecular complexity index is 657. The maximum absolute atomic E-state index is 12.6. The normalized spacial score (nSPS) is 25.3. The van der Waals surface area contributed by atoms with Gasteiger partial charge in [0.05, 0.1) is 17.4 Å². The van der Waals surface area contributed by atoms with Crippen LogP contribution in [0, 0.1) is 5.92 Å². The molecule has 1 aromatic heterocycles. The lowest BCUT2D eigenvalue weighted by Crippen LogP contribution is -2.42. The molecule has 3 rings (SSSR count). The molecule has 0 spiro atoms. The number of carbonyl (C=O) groups excluding carboxylic acids is 1. The van der Waals surface area contributed by atoms with Crippen molar-refractivity contribution in [3.05, 3.63) is 17.2 Å². The van der Waals surface area contributed by atoms with E-state index in [1.165, 1.54) is 18.6 Å². The number of H-pyrrole nitrogens is 1. The molecule has 0 radical (unpaired) electrons. The van der Waals surface area contributed by atoms with E-state index >= 15 is 0 Å². The van der Waals surface area contributed by atoms with Crippen molar-refractivity contribution in [3.8, 4) is 0 Å². The number of carbonyl (C=O) groups is 2. The second kappa shape index (κ2) is 8.54. The number of imidazole rings is 1. The topological polar surface area (TPSA) is 121 Å². The summed E-state index contributed by atoms with van der Waals surface area (Å²) in [6.07, 6.45) is 3.66. The van der Waals surface area contributed by atoms with Crippen LogP contribution >= 0.6 is 11.8 Å². The third kappa shape index (κ3) is 4.66. The van der Waals surface area contributed by atoms with Gasteiger partial charge < -0.3 is 21.1 Å². The number of nitrogens with two attached hydrogens (primary N) is 1. The molecule has 2 unspecified atom stereocenters. The molecule has 2 aliphatic heterocycles. The van der Waals surface area contributed by atoms with E-state index in [4.69, 9.17) is 15.8 Å². The number of rotatable bonds is 7. The lowest BCUT2D eigenvalue weighted by atomic mass is 9.91. The lowest BCUT2D eigenvalue weighted by Gasteiger charge is -2.23. The van der Waals surface area contributed by atoms with Gasteiger partial charge in [-0.05, 0) is 30.9 Å². The SMILES string of the molecule is CC(CC(=O)[C@@H]1Cc2nc(C3CCCSC3)[nH]c2CN1)C[C@H](N)C(=O)O. The van der Waals surface area contributed by atoms with Crippen LogP contribution in [-0.2, 0) is 22.6 Å². The van der Waals surface area contributed by atoms with Crippen molar-refractivity contribution in [1.29, 1.82) is 0 Å². The van der Waals surface area contributed by atoms with Gasteiger partial charge in [0.25, 0.3) is 0 Å². The van der Waals surface area contributed by atoms with E-state index in [9.17, 15) is 9.59 Å². The molecular formula is C18H28N4O3S. The van der Waals surface area contributed by atoms with Gasteiger partial charge in [-0.15, -0.1) is 0 Å². The summed E-state index contributed by atoms with van der Waals surface area (Å²) < 4.78 is 0. The summed E-state index contributed by atoms with van der Waals surface area (Å²) in [6, 6.07) is -1.16. The highest BCUT2D eigenvalue weighted by molar-refractivity contribution is 7.99. The molecule has 7 nitrogen and oxygen atoms in total. The monoisotopic (exact) mass is 380 g/mol. The Labute approximate surface area is 157 Å². The summed E-state index contributed by atoms with van der Waals surface area (Å²) in [5.74, 6) is 2.95. The number of nitrogens with one attached hydrogen (secondary N) is 2. The van der Waals surface area contributed by atoms with Crippen molar-refractivity contribution < 1.29 is 14.7 Å². The summed E-state index contributed by atoms with van der Waals surface area (Å²) >= 11 is 1.98. The van der Waals surface area contributed by atoms with Gasteiger partial charge in [-0.1, -0.05) is 6.92 Å². The summed E-state index contributed by atoms with van der Waals surface area (Å²) in [4.78, 5) is 31.7. The predicted octanol–water partition coefficient (Wildman–Crippen LogP) is 1.43. The van der Waals surface area contributed by atoms with Crippen LogP contribution in [0.1, 0.15) is 55.7 Å². The number of ketones is 1. The number of carboxylic acid groups (broad SMARTS) is 1. The van der Waals surface area contributed by atoms with Crippen molar-refractivity contribution in [1.82, 2.24) is 15.3 Å². The number of nitrogens with zero attached hydrogens (tertiary/aromatic N) is 1. The third-order valence-corrected chi connectivity index (χ3v) is 6.48. The van der Waals surface area contributed by atoms with Gasteiger partial charge in [0.2, 0.25) is 0 Å². The molecule has 4 atom stereocenters. The van der Waals surface area contributed by atoms with E-state index in [0.717, 1.165) is 23.0 Å². The van der Waals surface area contributed by atoms with Gasteiger partial charge in [-0.3, -0.25) is 9.59 Å². The molecule has 144 valence electrons. The second-order valence-corrected chi connectivity index (χ2v) is 8.70. The molecule has 1 fully saturated rings. The fourth-order valence-corrected chi connectivity index (χ4v) is 4.90. The van der Waals surface area contributed by atoms with Gasteiger partial charge in [0, 0.05) is 31.1 Å². The zero-order valence-electron chi connectivity index (χ0n) is 15.2. The first-order valence-corrected chi connectivity index (χ1v) is 10.5. The Morgan fingerprint density at radius 1 is 1.46 bits per heavy atom. The zero-order chi connectivity index (χ0) is 18.7. The average molecular weight is 381 g/mol. The van der Waals surface area contributed by atoms with Crippen LogP contribution in [0.4, 0.5) is 0 Å². The van der Waals surface area contributed by atoms with Gasteiger partial charge >= 0.3 is 5.97 Å². The molecule has 0 amide bonds. The maximum Gasteiger partial charge on any atom is 0.320 e. The fraction of sp³-hybridized carbons (Fsp3) is 0.722. The minimum Gasteiger partial charge on any atom is -0.480 e. The third-order valence-electron chi connectivity index (χ3n) is 5.26. The second-order valence-electron chi connectivity index (χ2n) is 7.56. The zero-order valence-corrected chi connectivity index (χ0v) is 16.0. The van der Waals surface area contributed by atoms with Crippen LogP contribution in [0.2, 0.25) is 0 Å². The molecule has 0 aromatic carbocycles. The van der Waals surface area contributed by atoms with Gasteiger partial charge in [0.15, 0.2) is 0 Å². The Balaban J connectivity index is 1.56. The largest absolute Gasteiger partial charge is 0.480 e. The molecule has 2 aliphatic rings. The number of aliphatic carboxylic acids is 1. The predicted molar refractivity (Wildman–Crippen MR) is 101 cm³/mol. The van der Waals surface area contributed by atoms with Crippen LogP contribution < -0.4 is 11.1 Å². The maximum atomic E-state index is 12.6. The van der Waals surface area contributed by atoms with E-state index < -0.39 is 12.0 Å². The molecule has 0 bridgehead atoms. The van der Waals surface area contributed by atoms with E-state index in [-0.39, 0.29) is 17.7 Å². The Kier molecular flexibility index (Phi) is 6.37. The summed E-state index contributed by atoms with van der Waals surface area (Å²) in [7, 11) is 0. The molecule has 0 saturated carbocycles. The Hall–Kier alpha value is -1.38. The number of fused-ring (bicyclic) bond motifs is 1. The summed E-state index contributed by atoms with van der Waals surface area (Å²) in [5.41, 5.74) is 7.67. The molecule has 0 aliphatic carbocycles. The number of hydrogen-bond acceptors (Lipinski definition) is 6. The first kappa shape index (κ1) is 19.4. The minimum atomic E-state index is -1.02. The van der Waals surface area contributed by atoms with Gasteiger partial charge in [0.1, 0.15) is 17.6 Å². The highest BCUT2D eigenvalue weighted by atomic mass is 32.2. The van der Waals surface area contributed by atoms with Crippen LogP contribution in [0.5, 0.6) is 0 Å². The van der Waals surface area contributed by atoms with Crippen molar-refractivity contribution >= 4 is 23.5 Å². The van der Waals surface area contributed by atoms with E-state index in [0.29, 0.717) is 31.7 Å². The molecule has 5 N–H and O–H groups in total. The summed E-state index contributed by atoms with van der Waals surface area (Å²) in [5, 5.41) is 12.2. The number of thioether (sulfide) groups is 1. The first-order valence-electron chi connectivity index (χ1n) is 9.34. The highest BCUT2D eigenvalue weighted by Gasteiger charge is 2.29. The van der Waals surface area contributed by atoms with E-state index in [1.807, 2.05) is 18.7 Å². The number of Topliss-reactive ketones (excluding diaryl/α,β-unsaturated/α-hetero) is 1. The smallest absolute Gasteiger partial charge is 0.320 e. The van der Waals surface area contributed by atoms with Crippen LogP contribution in [0.25, 0.3) is 0 Å². The Morgan fingerprint density at radius 3 is 2.96 bits per heavy atom. The number of aromatic nitrogens is 2. The van der Waals surface area contributed by atoms with E-state index in [1.54, 1.807) is 0 Å². The quantitative estimate of drug-likeness (QED) is 0.564. The molecule has 26 heavy (non-hydrogen) atoms.